The number of anilines is 2. The van der Waals surface area contributed by atoms with Gasteiger partial charge in [0.2, 0.25) is 5.95 Å². The Bertz CT molecular complexity index is 937. The first-order chi connectivity index (χ1) is 13.4. The molecule has 0 saturated heterocycles. The van der Waals surface area contributed by atoms with Gasteiger partial charge in [0, 0.05) is 25.0 Å². The van der Waals surface area contributed by atoms with E-state index in [1.165, 1.54) is 5.56 Å². The van der Waals surface area contributed by atoms with Gasteiger partial charge in [-0.15, -0.1) is 0 Å². The largest absolute Gasteiger partial charge is 0.336 e. The predicted molar refractivity (Wildman–Crippen MR) is 113 cm³/mol. The normalized spacial score (nSPS) is 10.8. The maximum atomic E-state index is 12.8. The summed E-state index contributed by atoms with van der Waals surface area (Å²) in [6.45, 7) is 6.72. The van der Waals surface area contributed by atoms with Crippen LogP contribution >= 0.6 is 0 Å². The van der Waals surface area contributed by atoms with E-state index in [-0.39, 0.29) is 5.91 Å². The fourth-order valence-corrected chi connectivity index (χ4v) is 2.94. The summed E-state index contributed by atoms with van der Waals surface area (Å²) in [7, 11) is 1.78. The maximum Gasteiger partial charge on any atom is 0.272 e. The minimum atomic E-state index is -0.132. The molecule has 2 aromatic carbocycles. The topological polar surface area (TPSA) is 58.1 Å². The summed E-state index contributed by atoms with van der Waals surface area (Å²) >= 11 is 0. The Morgan fingerprint density at radius 2 is 1.71 bits per heavy atom. The summed E-state index contributed by atoms with van der Waals surface area (Å²) in [5, 5.41) is 3.20. The van der Waals surface area contributed by atoms with Crippen LogP contribution < -0.4 is 5.32 Å². The minimum absolute atomic E-state index is 0.132. The summed E-state index contributed by atoms with van der Waals surface area (Å²) in [6.07, 6.45) is 0. The van der Waals surface area contributed by atoms with Crippen molar-refractivity contribution in [2.24, 2.45) is 0 Å². The Balaban J connectivity index is 1.75. The second kappa shape index (κ2) is 8.65. The van der Waals surface area contributed by atoms with Crippen molar-refractivity contribution in [2.75, 3.05) is 12.4 Å². The van der Waals surface area contributed by atoms with Crippen LogP contribution in [0.15, 0.2) is 60.7 Å². The molecule has 5 nitrogen and oxygen atoms in total. The maximum absolute atomic E-state index is 12.8. The first kappa shape index (κ1) is 19.5. The number of rotatable bonds is 6. The lowest BCUT2D eigenvalue weighted by molar-refractivity contribution is 0.0779. The van der Waals surface area contributed by atoms with Crippen LogP contribution in [0.5, 0.6) is 0 Å². The number of amides is 1. The number of carbonyl (C=O) groups is 1. The van der Waals surface area contributed by atoms with Crippen molar-refractivity contribution >= 4 is 17.5 Å². The number of nitrogens with zero attached hydrogens (tertiary/aromatic N) is 3. The third-order valence-electron chi connectivity index (χ3n) is 4.52. The quantitative estimate of drug-likeness (QED) is 0.665. The van der Waals surface area contributed by atoms with Crippen LogP contribution in [-0.2, 0) is 6.54 Å². The fourth-order valence-electron chi connectivity index (χ4n) is 2.94. The van der Waals surface area contributed by atoms with Crippen LogP contribution in [0.25, 0.3) is 0 Å². The molecule has 5 heteroatoms. The van der Waals surface area contributed by atoms with Crippen molar-refractivity contribution in [3.63, 3.8) is 0 Å². The number of carbonyl (C=O) groups excluding carboxylic acids is 1. The van der Waals surface area contributed by atoms with E-state index in [4.69, 9.17) is 0 Å². The highest BCUT2D eigenvalue weighted by molar-refractivity contribution is 5.92. The lowest BCUT2D eigenvalue weighted by Gasteiger charge is -2.17. The van der Waals surface area contributed by atoms with E-state index in [1.54, 1.807) is 18.0 Å². The molecule has 0 aliphatic heterocycles. The van der Waals surface area contributed by atoms with Gasteiger partial charge in [-0.05, 0) is 42.2 Å². The molecule has 3 rings (SSSR count). The van der Waals surface area contributed by atoms with Crippen LogP contribution in [0.1, 0.15) is 47.1 Å². The van der Waals surface area contributed by atoms with Crippen molar-refractivity contribution in [1.82, 2.24) is 14.9 Å². The van der Waals surface area contributed by atoms with E-state index in [0.717, 1.165) is 16.9 Å². The van der Waals surface area contributed by atoms with Gasteiger partial charge in [0.25, 0.3) is 5.91 Å². The van der Waals surface area contributed by atoms with E-state index in [0.29, 0.717) is 24.1 Å². The average Bonchev–Trinajstić information content (AvgIpc) is 2.68. The second-order valence-corrected chi connectivity index (χ2v) is 7.27. The van der Waals surface area contributed by atoms with E-state index < -0.39 is 0 Å². The first-order valence-corrected chi connectivity index (χ1v) is 9.44. The number of nitrogens with one attached hydrogen (secondary N) is 1. The van der Waals surface area contributed by atoms with Gasteiger partial charge in [-0.2, -0.15) is 0 Å². The first-order valence-electron chi connectivity index (χ1n) is 9.44. The lowest BCUT2D eigenvalue weighted by Crippen LogP contribution is -2.27. The van der Waals surface area contributed by atoms with Gasteiger partial charge >= 0.3 is 0 Å². The molecular weight excluding hydrogens is 348 g/mol. The molecule has 1 N–H and O–H groups in total. The van der Waals surface area contributed by atoms with E-state index in [9.17, 15) is 4.79 Å². The highest BCUT2D eigenvalue weighted by Crippen LogP contribution is 2.19. The molecule has 0 fully saturated rings. The molecule has 1 heterocycles. The number of hydrogen-bond donors (Lipinski definition) is 1. The highest BCUT2D eigenvalue weighted by Gasteiger charge is 2.16. The Kier molecular flexibility index (Phi) is 6.04. The van der Waals surface area contributed by atoms with Gasteiger partial charge in [0.1, 0.15) is 5.69 Å². The van der Waals surface area contributed by atoms with Crippen LogP contribution in [0.2, 0.25) is 0 Å². The number of benzene rings is 2. The molecular formula is C23H26N4O. The molecule has 0 saturated carbocycles. The molecule has 1 amide bonds. The average molecular weight is 374 g/mol. The molecule has 0 aliphatic carbocycles. The monoisotopic (exact) mass is 374 g/mol. The van der Waals surface area contributed by atoms with Crippen LogP contribution in [-0.4, -0.2) is 27.8 Å². The second-order valence-electron chi connectivity index (χ2n) is 7.27. The zero-order valence-electron chi connectivity index (χ0n) is 16.8. The Morgan fingerprint density at radius 3 is 2.36 bits per heavy atom. The van der Waals surface area contributed by atoms with Crippen LogP contribution in [0.3, 0.4) is 0 Å². The van der Waals surface area contributed by atoms with Gasteiger partial charge in [-0.3, -0.25) is 4.79 Å². The molecule has 144 valence electrons. The van der Waals surface area contributed by atoms with E-state index in [2.05, 4.69) is 41.3 Å². The van der Waals surface area contributed by atoms with Crippen molar-refractivity contribution in [1.29, 1.82) is 0 Å². The van der Waals surface area contributed by atoms with E-state index in [1.807, 2.05) is 49.4 Å². The van der Waals surface area contributed by atoms with E-state index >= 15 is 0 Å². The SMILES string of the molecule is Cc1cc(C(=O)N(C)Cc2ccccc2)nc(Nc2ccc(C(C)C)cc2)n1. The molecule has 0 atom stereocenters. The molecule has 1 aromatic heterocycles. The van der Waals surface area contributed by atoms with Gasteiger partial charge in [0.05, 0.1) is 0 Å². The Hall–Kier alpha value is -3.21. The molecule has 0 aliphatic rings. The molecule has 0 radical (unpaired) electrons. The highest BCUT2D eigenvalue weighted by atomic mass is 16.2. The number of aromatic nitrogens is 2. The molecule has 0 unspecified atom stereocenters. The van der Waals surface area contributed by atoms with Crippen molar-refractivity contribution in [3.05, 3.63) is 83.2 Å². The van der Waals surface area contributed by atoms with Gasteiger partial charge in [0.15, 0.2) is 0 Å². The smallest absolute Gasteiger partial charge is 0.272 e. The summed E-state index contributed by atoms with van der Waals surface area (Å²) in [5.41, 5.74) is 4.37. The standard InChI is InChI=1S/C23H26N4O/c1-16(2)19-10-12-20(13-11-19)25-23-24-17(3)14-21(26-23)22(28)27(4)15-18-8-6-5-7-9-18/h5-14,16H,15H2,1-4H3,(H,24,25,26). The summed E-state index contributed by atoms with van der Waals surface area (Å²) in [5.74, 6) is 0.773. The van der Waals surface area contributed by atoms with Crippen molar-refractivity contribution in [3.8, 4) is 0 Å². The summed E-state index contributed by atoms with van der Waals surface area (Å²) < 4.78 is 0. The van der Waals surface area contributed by atoms with Crippen molar-refractivity contribution < 1.29 is 4.79 Å². The third kappa shape index (κ3) is 4.94. The number of aryl methyl sites for hydroxylation is 1. The van der Waals surface area contributed by atoms with Gasteiger partial charge in [-0.1, -0.05) is 56.3 Å². The number of hydrogen-bond acceptors (Lipinski definition) is 4. The zero-order chi connectivity index (χ0) is 20.1. The molecule has 0 spiro atoms. The Morgan fingerprint density at radius 1 is 1.04 bits per heavy atom. The molecule has 0 bridgehead atoms. The summed E-state index contributed by atoms with van der Waals surface area (Å²) in [6, 6.07) is 19.8. The minimum Gasteiger partial charge on any atom is -0.336 e. The van der Waals surface area contributed by atoms with Crippen LogP contribution in [0.4, 0.5) is 11.6 Å². The lowest BCUT2D eigenvalue weighted by atomic mass is 10.0. The molecule has 3 aromatic rings. The van der Waals surface area contributed by atoms with Crippen LogP contribution in [0, 0.1) is 6.92 Å². The van der Waals surface area contributed by atoms with Gasteiger partial charge in [-0.25, -0.2) is 9.97 Å². The predicted octanol–water partition coefficient (Wildman–Crippen LogP) is 4.92. The molecule has 28 heavy (non-hydrogen) atoms. The third-order valence-corrected chi connectivity index (χ3v) is 4.52. The summed E-state index contributed by atoms with van der Waals surface area (Å²) in [4.78, 5) is 23.4. The van der Waals surface area contributed by atoms with Gasteiger partial charge < -0.3 is 10.2 Å². The zero-order valence-corrected chi connectivity index (χ0v) is 16.8. The Labute approximate surface area is 166 Å². The van der Waals surface area contributed by atoms with Crippen molar-refractivity contribution in [2.45, 2.75) is 33.2 Å². The fraction of sp³-hybridized carbons (Fsp3) is 0.261.